The molecule has 0 spiro atoms. The molecule has 2 atom stereocenters. The van der Waals surface area contributed by atoms with E-state index in [9.17, 15) is 13.2 Å². The smallest absolute Gasteiger partial charge is 0.244 e. The lowest BCUT2D eigenvalue weighted by Gasteiger charge is -2.39. The molecule has 1 N–H and O–H groups in total. The van der Waals surface area contributed by atoms with Gasteiger partial charge in [-0.05, 0) is 38.5 Å². The third-order valence-electron chi connectivity index (χ3n) is 5.33. The molecule has 0 saturated heterocycles. The number of carbonyl (C=O) groups excluding carboxylic acids is 1. The van der Waals surface area contributed by atoms with Crippen LogP contribution in [0.25, 0.3) is 0 Å². The number of fused-ring (bicyclic) bond motifs is 1. The Bertz CT molecular complexity index is 1050. The van der Waals surface area contributed by atoms with Crippen molar-refractivity contribution in [2.45, 2.75) is 51.3 Å². The minimum Gasteiger partial charge on any atom is -0.497 e. The van der Waals surface area contributed by atoms with E-state index in [2.05, 4.69) is 5.32 Å². The average Bonchev–Trinajstić information content (AvgIpc) is 2.70. The van der Waals surface area contributed by atoms with E-state index in [1.54, 1.807) is 31.2 Å². The SMILES string of the molecule is CC[C@H](C(=O)N[C@@H]1CC(C)(C)Oc2ccccc21)N(c1cccc(OC)c1)S(C)(=O)=O. The first-order chi connectivity index (χ1) is 14.6. The van der Waals surface area contributed by atoms with E-state index >= 15 is 0 Å². The number of para-hydroxylation sites is 1. The number of benzene rings is 2. The molecule has 31 heavy (non-hydrogen) atoms. The number of hydrogen-bond donors (Lipinski definition) is 1. The van der Waals surface area contributed by atoms with Crippen LogP contribution in [0.1, 0.15) is 45.2 Å². The van der Waals surface area contributed by atoms with Gasteiger partial charge in [-0.3, -0.25) is 9.10 Å². The van der Waals surface area contributed by atoms with Gasteiger partial charge >= 0.3 is 0 Å². The van der Waals surface area contributed by atoms with Gasteiger partial charge in [0.25, 0.3) is 0 Å². The van der Waals surface area contributed by atoms with Crippen molar-refractivity contribution in [3.8, 4) is 11.5 Å². The van der Waals surface area contributed by atoms with Crippen LogP contribution in [-0.4, -0.2) is 39.3 Å². The van der Waals surface area contributed by atoms with Gasteiger partial charge in [0.05, 0.1) is 25.1 Å². The number of carbonyl (C=O) groups is 1. The van der Waals surface area contributed by atoms with Crippen molar-refractivity contribution < 1.29 is 22.7 Å². The fraction of sp³-hybridized carbons (Fsp3) is 0.435. The summed E-state index contributed by atoms with van der Waals surface area (Å²) in [5, 5.41) is 3.08. The highest BCUT2D eigenvalue weighted by Gasteiger charge is 2.37. The molecule has 1 amide bonds. The molecule has 1 aliphatic rings. The molecule has 8 heteroatoms. The van der Waals surface area contributed by atoms with Crippen LogP contribution in [0.15, 0.2) is 48.5 Å². The summed E-state index contributed by atoms with van der Waals surface area (Å²) in [5.74, 6) is 0.889. The highest BCUT2D eigenvalue weighted by molar-refractivity contribution is 7.92. The van der Waals surface area contributed by atoms with Crippen LogP contribution in [0, 0.1) is 0 Å². The van der Waals surface area contributed by atoms with Crippen molar-refractivity contribution in [1.82, 2.24) is 5.32 Å². The maximum absolute atomic E-state index is 13.4. The Morgan fingerprint density at radius 1 is 1.26 bits per heavy atom. The van der Waals surface area contributed by atoms with E-state index < -0.39 is 21.7 Å². The standard InChI is InChI=1S/C23H30N2O5S/c1-6-20(25(31(5,27)28)16-10-9-11-17(14-16)29-4)22(26)24-19-15-23(2,3)30-21-13-8-7-12-18(19)21/h7-14,19-20H,6,15H2,1-5H3,(H,24,26)/t19-,20-/m1/s1. The van der Waals surface area contributed by atoms with Gasteiger partial charge in [0.2, 0.25) is 15.9 Å². The van der Waals surface area contributed by atoms with Crippen LogP contribution < -0.4 is 19.1 Å². The van der Waals surface area contributed by atoms with Crippen LogP contribution in [0.3, 0.4) is 0 Å². The normalized spacial score (nSPS) is 18.3. The van der Waals surface area contributed by atoms with E-state index in [4.69, 9.17) is 9.47 Å². The van der Waals surface area contributed by atoms with E-state index in [1.807, 2.05) is 38.1 Å². The molecule has 0 aliphatic carbocycles. The molecule has 2 aromatic rings. The minimum atomic E-state index is -3.73. The molecule has 0 aromatic heterocycles. The van der Waals surface area contributed by atoms with E-state index in [1.165, 1.54) is 11.4 Å². The molecule has 168 valence electrons. The minimum absolute atomic E-state index is 0.284. The van der Waals surface area contributed by atoms with Crippen molar-refractivity contribution in [2.75, 3.05) is 17.7 Å². The van der Waals surface area contributed by atoms with Gasteiger partial charge in [0, 0.05) is 18.1 Å². The largest absolute Gasteiger partial charge is 0.497 e. The van der Waals surface area contributed by atoms with Crippen LogP contribution in [0.4, 0.5) is 5.69 Å². The Morgan fingerprint density at radius 3 is 2.61 bits per heavy atom. The number of rotatable bonds is 7. The zero-order chi connectivity index (χ0) is 22.8. The molecule has 3 rings (SSSR count). The predicted molar refractivity (Wildman–Crippen MR) is 121 cm³/mol. The first kappa shape index (κ1) is 22.9. The van der Waals surface area contributed by atoms with Crippen molar-refractivity contribution >= 4 is 21.6 Å². The van der Waals surface area contributed by atoms with Gasteiger partial charge in [-0.25, -0.2) is 8.42 Å². The molecule has 0 radical (unpaired) electrons. The molecule has 2 aromatic carbocycles. The van der Waals surface area contributed by atoms with Crippen LogP contribution in [0.2, 0.25) is 0 Å². The molecule has 0 bridgehead atoms. The second-order valence-corrected chi connectivity index (χ2v) is 10.2. The topological polar surface area (TPSA) is 84.9 Å². The fourth-order valence-corrected chi connectivity index (χ4v) is 5.21. The highest BCUT2D eigenvalue weighted by atomic mass is 32.2. The number of sulfonamides is 1. The molecule has 0 fully saturated rings. The number of nitrogens with one attached hydrogen (secondary N) is 1. The summed E-state index contributed by atoms with van der Waals surface area (Å²) in [6, 6.07) is 13.1. The fourth-order valence-electron chi connectivity index (χ4n) is 4.01. The lowest BCUT2D eigenvalue weighted by Crippen LogP contribution is -2.51. The van der Waals surface area contributed by atoms with Gasteiger partial charge in [-0.2, -0.15) is 0 Å². The van der Waals surface area contributed by atoms with Crippen molar-refractivity contribution in [2.24, 2.45) is 0 Å². The summed E-state index contributed by atoms with van der Waals surface area (Å²) in [5.41, 5.74) is 0.811. The maximum Gasteiger partial charge on any atom is 0.244 e. The molecule has 7 nitrogen and oxygen atoms in total. The molecular formula is C23H30N2O5S. The summed E-state index contributed by atoms with van der Waals surface area (Å²) in [6.07, 6.45) is 1.99. The summed E-state index contributed by atoms with van der Waals surface area (Å²) in [4.78, 5) is 13.4. The van der Waals surface area contributed by atoms with Gasteiger partial charge in [0.1, 0.15) is 23.1 Å². The Kier molecular flexibility index (Phi) is 6.50. The number of hydrogen-bond acceptors (Lipinski definition) is 5. The van der Waals surface area contributed by atoms with Crippen LogP contribution in [0.5, 0.6) is 11.5 Å². The summed E-state index contributed by atoms with van der Waals surface area (Å²) in [7, 11) is -2.22. The summed E-state index contributed by atoms with van der Waals surface area (Å²) >= 11 is 0. The Morgan fingerprint density at radius 2 is 1.97 bits per heavy atom. The Hall–Kier alpha value is -2.74. The van der Waals surface area contributed by atoms with E-state index in [0.717, 1.165) is 17.6 Å². The van der Waals surface area contributed by atoms with Gasteiger partial charge < -0.3 is 14.8 Å². The first-order valence-corrected chi connectivity index (χ1v) is 12.1. The monoisotopic (exact) mass is 446 g/mol. The summed E-state index contributed by atoms with van der Waals surface area (Å²) < 4.78 is 37.9. The third-order valence-corrected chi connectivity index (χ3v) is 6.51. The first-order valence-electron chi connectivity index (χ1n) is 10.3. The molecule has 1 heterocycles. The van der Waals surface area contributed by atoms with Gasteiger partial charge in [-0.15, -0.1) is 0 Å². The zero-order valence-corrected chi connectivity index (χ0v) is 19.4. The quantitative estimate of drug-likeness (QED) is 0.702. The number of anilines is 1. The number of nitrogens with zero attached hydrogens (tertiary/aromatic N) is 1. The Labute approximate surface area is 184 Å². The van der Waals surface area contributed by atoms with Crippen molar-refractivity contribution in [3.63, 3.8) is 0 Å². The average molecular weight is 447 g/mol. The second kappa shape index (κ2) is 8.78. The highest BCUT2D eigenvalue weighted by Crippen LogP contribution is 2.39. The van der Waals surface area contributed by atoms with Crippen LogP contribution >= 0.6 is 0 Å². The molecule has 0 saturated carbocycles. The number of amides is 1. The van der Waals surface area contributed by atoms with E-state index in [0.29, 0.717) is 24.3 Å². The maximum atomic E-state index is 13.4. The third kappa shape index (κ3) is 5.12. The van der Waals surface area contributed by atoms with Crippen LogP contribution in [-0.2, 0) is 14.8 Å². The molecule has 0 unspecified atom stereocenters. The second-order valence-electron chi connectivity index (χ2n) is 8.35. The van der Waals surface area contributed by atoms with E-state index in [-0.39, 0.29) is 11.9 Å². The van der Waals surface area contributed by atoms with Crippen molar-refractivity contribution in [1.29, 1.82) is 0 Å². The molecule has 1 aliphatic heterocycles. The summed E-state index contributed by atoms with van der Waals surface area (Å²) in [6.45, 7) is 5.74. The van der Waals surface area contributed by atoms with Gasteiger partial charge in [0.15, 0.2) is 0 Å². The number of ether oxygens (including phenoxy) is 2. The van der Waals surface area contributed by atoms with Gasteiger partial charge in [-0.1, -0.05) is 31.2 Å². The Balaban J connectivity index is 1.94. The van der Waals surface area contributed by atoms with Crippen molar-refractivity contribution in [3.05, 3.63) is 54.1 Å². The molecular weight excluding hydrogens is 416 g/mol. The lowest BCUT2D eigenvalue weighted by molar-refractivity contribution is -0.123. The number of methoxy groups -OCH3 is 1. The lowest BCUT2D eigenvalue weighted by atomic mass is 9.89. The zero-order valence-electron chi connectivity index (χ0n) is 18.6. The predicted octanol–water partition coefficient (Wildman–Crippen LogP) is 3.66.